The number of nitrogens with zero attached hydrogens (tertiary/aromatic N) is 3. The zero-order valence-corrected chi connectivity index (χ0v) is 21.6. The van der Waals surface area contributed by atoms with Gasteiger partial charge in [0.2, 0.25) is 15.0 Å². The van der Waals surface area contributed by atoms with Gasteiger partial charge in [-0.2, -0.15) is 0 Å². The number of imidazole rings is 1. The molecule has 178 valence electrons. The third kappa shape index (κ3) is 7.56. The van der Waals surface area contributed by atoms with E-state index in [1.54, 1.807) is 17.9 Å². The van der Waals surface area contributed by atoms with Crippen LogP contribution in [0.5, 0.6) is 0 Å². The number of methoxy groups -OCH3 is 1. The molecule has 0 spiro atoms. The number of thiocarbonyl (C=S) groups is 1. The average Bonchev–Trinajstić information content (AvgIpc) is 3.10. The van der Waals surface area contributed by atoms with Gasteiger partial charge >= 0.3 is 0 Å². The second-order valence-electron chi connectivity index (χ2n) is 8.80. The molecule has 0 bridgehead atoms. The Labute approximate surface area is 198 Å². The van der Waals surface area contributed by atoms with Crippen molar-refractivity contribution >= 4 is 27.2 Å². The summed E-state index contributed by atoms with van der Waals surface area (Å²) in [5.74, 6) is 0.293. The van der Waals surface area contributed by atoms with Crippen molar-refractivity contribution in [1.29, 1.82) is 0 Å². The van der Waals surface area contributed by atoms with Crippen molar-refractivity contribution in [1.82, 2.24) is 19.8 Å². The Hall–Kier alpha value is -1.97. The predicted octanol–water partition coefficient (Wildman–Crippen LogP) is 3.55. The molecule has 0 aliphatic rings. The van der Waals surface area contributed by atoms with E-state index in [9.17, 15) is 8.42 Å². The van der Waals surface area contributed by atoms with Crippen LogP contribution in [0, 0.1) is 12.8 Å². The van der Waals surface area contributed by atoms with Crippen LogP contribution in [0.15, 0.2) is 35.6 Å². The van der Waals surface area contributed by atoms with Crippen LogP contribution in [0.2, 0.25) is 0 Å². The molecule has 1 aromatic carbocycles. The van der Waals surface area contributed by atoms with E-state index in [0.29, 0.717) is 30.7 Å². The Balaban J connectivity index is 2.37. The fourth-order valence-corrected chi connectivity index (χ4v) is 5.24. The summed E-state index contributed by atoms with van der Waals surface area (Å²) < 4.78 is 33.5. The van der Waals surface area contributed by atoms with Gasteiger partial charge in [0, 0.05) is 26.2 Å². The third-order valence-electron chi connectivity index (χ3n) is 4.81. The lowest BCUT2D eigenvalue weighted by atomic mass is 10.2. The molecule has 2 rings (SSSR count). The molecule has 0 fully saturated rings. The van der Waals surface area contributed by atoms with Crippen LogP contribution < -0.4 is 5.32 Å². The molecule has 0 unspecified atom stereocenters. The highest BCUT2D eigenvalue weighted by Gasteiger charge is 2.25. The maximum Gasteiger partial charge on any atom is 0.228 e. The summed E-state index contributed by atoms with van der Waals surface area (Å²) in [4.78, 5) is 6.40. The molecule has 0 atom stereocenters. The minimum Gasteiger partial charge on any atom is -0.383 e. The molecule has 1 heterocycles. The van der Waals surface area contributed by atoms with E-state index in [4.69, 9.17) is 17.0 Å². The van der Waals surface area contributed by atoms with Gasteiger partial charge in [-0.15, -0.1) is 0 Å². The molecular formula is C23H36N4O3S2. The summed E-state index contributed by atoms with van der Waals surface area (Å²) in [5, 5.41) is 4.01. The molecule has 0 aliphatic heterocycles. The van der Waals surface area contributed by atoms with E-state index >= 15 is 0 Å². The quantitative estimate of drug-likeness (QED) is 0.493. The molecule has 2 aromatic rings. The fourth-order valence-electron chi connectivity index (χ4n) is 3.35. The Morgan fingerprint density at radius 1 is 1.22 bits per heavy atom. The van der Waals surface area contributed by atoms with E-state index in [0.717, 1.165) is 23.4 Å². The molecule has 0 radical (unpaired) electrons. The SMILES string of the molecule is COCCn1c(CN(CC(C)C)C(=S)NC(C)C)cnc1S(=O)(=O)Cc1ccc(C)cc1. The summed E-state index contributed by atoms with van der Waals surface area (Å²) in [7, 11) is -2.03. The van der Waals surface area contributed by atoms with Crippen LogP contribution in [0.25, 0.3) is 0 Å². The topological polar surface area (TPSA) is 76.5 Å². The van der Waals surface area contributed by atoms with Gasteiger partial charge in [0.15, 0.2) is 5.11 Å². The van der Waals surface area contributed by atoms with Crippen LogP contribution in [0.3, 0.4) is 0 Å². The number of rotatable bonds is 11. The van der Waals surface area contributed by atoms with Crippen LogP contribution in [0.1, 0.15) is 44.5 Å². The third-order valence-corrected chi connectivity index (χ3v) is 6.79. The number of hydrogen-bond donors (Lipinski definition) is 1. The first-order chi connectivity index (χ1) is 15.0. The number of benzene rings is 1. The molecular weight excluding hydrogens is 444 g/mol. The van der Waals surface area contributed by atoms with Crippen LogP contribution in [-0.2, 0) is 33.4 Å². The van der Waals surface area contributed by atoms with Crippen LogP contribution >= 0.6 is 12.2 Å². The van der Waals surface area contributed by atoms with E-state index < -0.39 is 9.84 Å². The summed E-state index contributed by atoms with van der Waals surface area (Å²) in [5.41, 5.74) is 2.62. The van der Waals surface area contributed by atoms with E-state index in [2.05, 4.69) is 29.0 Å². The summed E-state index contributed by atoms with van der Waals surface area (Å²) in [6.45, 7) is 12.3. The molecule has 1 N–H and O–H groups in total. The number of aryl methyl sites for hydroxylation is 1. The first-order valence-corrected chi connectivity index (χ1v) is 13.0. The minimum atomic E-state index is -3.64. The standard InChI is InChI=1S/C23H36N4O3S2/c1-17(2)14-26(22(31)25-18(3)4)15-21-13-24-23(27(21)11-12-30-6)32(28,29)16-20-9-7-19(5)8-10-20/h7-10,13,17-18H,11-12,14-16H2,1-6H3,(H,25,31). The lowest BCUT2D eigenvalue weighted by Gasteiger charge is -2.29. The molecule has 32 heavy (non-hydrogen) atoms. The van der Waals surface area contributed by atoms with Crippen LogP contribution in [0.4, 0.5) is 0 Å². The van der Waals surface area contributed by atoms with E-state index in [1.165, 1.54) is 0 Å². The second kappa shape index (κ2) is 11.8. The predicted molar refractivity (Wildman–Crippen MR) is 132 cm³/mol. The molecule has 7 nitrogen and oxygen atoms in total. The Bertz CT molecular complexity index is 983. The normalized spacial score (nSPS) is 11.9. The van der Waals surface area contributed by atoms with Gasteiger partial charge in [-0.25, -0.2) is 13.4 Å². The van der Waals surface area contributed by atoms with Crippen LogP contribution in [-0.4, -0.2) is 54.3 Å². The number of ether oxygens (including phenoxy) is 1. The van der Waals surface area contributed by atoms with Crippen molar-refractivity contribution in [2.75, 3.05) is 20.3 Å². The fraction of sp³-hybridized carbons (Fsp3) is 0.565. The Morgan fingerprint density at radius 3 is 2.44 bits per heavy atom. The van der Waals surface area contributed by atoms with Gasteiger partial charge in [-0.3, -0.25) is 0 Å². The first kappa shape index (κ1) is 26.3. The molecule has 0 saturated carbocycles. The molecule has 9 heteroatoms. The average molecular weight is 481 g/mol. The highest BCUT2D eigenvalue weighted by atomic mass is 32.2. The number of aromatic nitrogens is 2. The monoisotopic (exact) mass is 480 g/mol. The summed E-state index contributed by atoms with van der Waals surface area (Å²) in [6.07, 6.45) is 1.64. The van der Waals surface area contributed by atoms with Crippen molar-refractivity contribution in [3.8, 4) is 0 Å². The zero-order chi connectivity index (χ0) is 23.9. The van der Waals surface area contributed by atoms with E-state index in [1.807, 2.05) is 45.0 Å². The summed E-state index contributed by atoms with van der Waals surface area (Å²) >= 11 is 5.62. The highest BCUT2D eigenvalue weighted by Crippen LogP contribution is 2.20. The maximum absolute atomic E-state index is 13.3. The van der Waals surface area contributed by atoms with Gasteiger partial charge in [0.1, 0.15) is 0 Å². The van der Waals surface area contributed by atoms with E-state index in [-0.39, 0.29) is 17.0 Å². The Morgan fingerprint density at radius 2 is 1.88 bits per heavy atom. The molecule has 0 saturated heterocycles. The second-order valence-corrected chi connectivity index (χ2v) is 11.1. The smallest absolute Gasteiger partial charge is 0.228 e. The van der Waals surface area contributed by atoms with Crippen molar-refractivity contribution < 1.29 is 13.2 Å². The highest BCUT2D eigenvalue weighted by molar-refractivity contribution is 7.90. The first-order valence-electron chi connectivity index (χ1n) is 10.9. The number of nitrogens with one attached hydrogen (secondary N) is 1. The largest absolute Gasteiger partial charge is 0.383 e. The van der Waals surface area contributed by atoms with Crippen molar-refractivity contribution in [3.05, 3.63) is 47.3 Å². The summed E-state index contributed by atoms with van der Waals surface area (Å²) in [6, 6.07) is 7.73. The van der Waals surface area contributed by atoms with Gasteiger partial charge in [-0.05, 0) is 44.5 Å². The number of hydrogen-bond acceptors (Lipinski definition) is 5. The Kier molecular flexibility index (Phi) is 9.66. The lowest BCUT2D eigenvalue weighted by Crippen LogP contribution is -2.44. The molecule has 0 amide bonds. The van der Waals surface area contributed by atoms with Gasteiger partial charge in [0.25, 0.3) is 0 Å². The molecule has 0 aliphatic carbocycles. The molecule has 1 aromatic heterocycles. The zero-order valence-electron chi connectivity index (χ0n) is 20.0. The van der Waals surface area contributed by atoms with Gasteiger partial charge in [0.05, 0.1) is 30.8 Å². The minimum absolute atomic E-state index is 0.0670. The number of sulfone groups is 1. The maximum atomic E-state index is 13.3. The lowest BCUT2D eigenvalue weighted by molar-refractivity contribution is 0.182. The van der Waals surface area contributed by atoms with Crippen molar-refractivity contribution in [2.45, 2.75) is 64.7 Å². The van der Waals surface area contributed by atoms with Crippen molar-refractivity contribution in [3.63, 3.8) is 0 Å². The van der Waals surface area contributed by atoms with Crippen molar-refractivity contribution in [2.24, 2.45) is 5.92 Å². The van der Waals surface area contributed by atoms with Gasteiger partial charge < -0.3 is 19.5 Å². The van der Waals surface area contributed by atoms with Gasteiger partial charge in [-0.1, -0.05) is 43.7 Å².